The molecule has 18 heavy (non-hydrogen) atoms. The molecule has 98 valence electrons. The Kier molecular flexibility index (Phi) is 4.73. The second-order valence-corrected chi connectivity index (χ2v) is 4.66. The SMILES string of the molecule is COCc1cccc(CNC(=O)C2CCNC2)c1. The van der Waals surface area contributed by atoms with Gasteiger partial charge in [0.25, 0.3) is 0 Å². The molecule has 1 aliphatic rings. The molecule has 0 radical (unpaired) electrons. The van der Waals surface area contributed by atoms with Crippen LogP contribution in [0.5, 0.6) is 0 Å². The summed E-state index contributed by atoms with van der Waals surface area (Å²) in [6.07, 6.45) is 0.940. The van der Waals surface area contributed by atoms with Gasteiger partial charge in [0, 0.05) is 20.2 Å². The lowest BCUT2D eigenvalue weighted by molar-refractivity contribution is -0.124. The van der Waals surface area contributed by atoms with Crippen LogP contribution in [0.15, 0.2) is 24.3 Å². The van der Waals surface area contributed by atoms with Crippen molar-refractivity contribution in [3.63, 3.8) is 0 Å². The summed E-state index contributed by atoms with van der Waals surface area (Å²) >= 11 is 0. The molecule has 2 N–H and O–H groups in total. The Morgan fingerprint density at radius 1 is 1.50 bits per heavy atom. The Hall–Kier alpha value is -1.39. The van der Waals surface area contributed by atoms with E-state index < -0.39 is 0 Å². The molecule has 1 saturated heterocycles. The normalized spacial score (nSPS) is 18.8. The molecule has 1 atom stereocenters. The third-order valence-corrected chi connectivity index (χ3v) is 3.20. The second-order valence-electron chi connectivity index (χ2n) is 4.66. The summed E-state index contributed by atoms with van der Waals surface area (Å²) in [6.45, 7) is 2.94. The van der Waals surface area contributed by atoms with Crippen LogP contribution in [0.1, 0.15) is 17.5 Å². The Labute approximate surface area is 108 Å². The van der Waals surface area contributed by atoms with Crippen molar-refractivity contribution in [1.82, 2.24) is 10.6 Å². The maximum absolute atomic E-state index is 11.9. The van der Waals surface area contributed by atoms with E-state index in [0.717, 1.165) is 30.6 Å². The Morgan fingerprint density at radius 3 is 3.06 bits per heavy atom. The molecule has 1 aliphatic heterocycles. The molecule has 0 aliphatic carbocycles. The molecule has 1 aromatic rings. The monoisotopic (exact) mass is 248 g/mol. The van der Waals surface area contributed by atoms with Gasteiger partial charge in [-0.1, -0.05) is 24.3 Å². The summed E-state index contributed by atoms with van der Waals surface area (Å²) < 4.78 is 5.09. The molecule has 1 aromatic carbocycles. The van der Waals surface area contributed by atoms with Gasteiger partial charge in [-0.05, 0) is 24.1 Å². The van der Waals surface area contributed by atoms with Crippen molar-refractivity contribution in [1.29, 1.82) is 0 Å². The Morgan fingerprint density at radius 2 is 2.33 bits per heavy atom. The highest BCUT2D eigenvalue weighted by molar-refractivity contribution is 5.79. The van der Waals surface area contributed by atoms with E-state index in [1.54, 1.807) is 7.11 Å². The first-order valence-electron chi connectivity index (χ1n) is 6.35. The average molecular weight is 248 g/mol. The lowest BCUT2D eigenvalue weighted by atomic mass is 10.1. The van der Waals surface area contributed by atoms with E-state index in [-0.39, 0.29) is 11.8 Å². The average Bonchev–Trinajstić information content (AvgIpc) is 2.91. The first kappa shape index (κ1) is 13.1. The van der Waals surface area contributed by atoms with Crippen molar-refractivity contribution < 1.29 is 9.53 Å². The summed E-state index contributed by atoms with van der Waals surface area (Å²) in [5.74, 6) is 0.282. The van der Waals surface area contributed by atoms with Gasteiger partial charge >= 0.3 is 0 Å². The standard InChI is InChI=1S/C14H20N2O2/c1-18-10-12-4-2-3-11(7-12)8-16-14(17)13-5-6-15-9-13/h2-4,7,13,15H,5-6,8-10H2,1H3,(H,16,17). The summed E-state index contributed by atoms with van der Waals surface area (Å²) in [7, 11) is 1.68. The molecule has 1 fully saturated rings. The highest BCUT2D eigenvalue weighted by Crippen LogP contribution is 2.09. The van der Waals surface area contributed by atoms with E-state index in [4.69, 9.17) is 4.74 Å². The van der Waals surface area contributed by atoms with Crippen molar-refractivity contribution in [2.75, 3.05) is 20.2 Å². The zero-order chi connectivity index (χ0) is 12.8. The highest BCUT2D eigenvalue weighted by Gasteiger charge is 2.21. The molecule has 0 saturated carbocycles. The van der Waals surface area contributed by atoms with E-state index in [2.05, 4.69) is 16.7 Å². The molecule has 0 bridgehead atoms. The lowest BCUT2D eigenvalue weighted by Crippen LogP contribution is -2.31. The number of benzene rings is 1. The third kappa shape index (κ3) is 3.55. The van der Waals surface area contributed by atoms with Gasteiger partial charge in [-0.2, -0.15) is 0 Å². The van der Waals surface area contributed by atoms with Crippen molar-refractivity contribution >= 4 is 5.91 Å². The van der Waals surface area contributed by atoms with E-state index in [1.807, 2.05) is 18.2 Å². The van der Waals surface area contributed by atoms with Gasteiger partial charge in [-0.15, -0.1) is 0 Å². The molecular formula is C14H20N2O2. The van der Waals surface area contributed by atoms with E-state index >= 15 is 0 Å². The number of amides is 1. The zero-order valence-electron chi connectivity index (χ0n) is 10.7. The minimum absolute atomic E-state index is 0.132. The molecule has 1 heterocycles. The fourth-order valence-electron chi connectivity index (χ4n) is 2.21. The molecule has 0 spiro atoms. The van der Waals surface area contributed by atoms with Crippen LogP contribution >= 0.6 is 0 Å². The van der Waals surface area contributed by atoms with Crippen LogP contribution in [0.2, 0.25) is 0 Å². The summed E-state index contributed by atoms with van der Waals surface area (Å²) in [4.78, 5) is 11.9. The van der Waals surface area contributed by atoms with Crippen LogP contribution in [-0.2, 0) is 22.7 Å². The second kappa shape index (κ2) is 6.52. The molecular weight excluding hydrogens is 228 g/mol. The van der Waals surface area contributed by atoms with Crippen molar-refractivity contribution in [3.8, 4) is 0 Å². The minimum Gasteiger partial charge on any atom is -0.380 e. The van der Waals surface area contributed by atoms with Gasteiger partial charge in [0.05, 0.1) is 12.5 Å². The molecule has 1 unspecified atom stereocenters. The topological polar surface area (TPSA) is 50.4 Å². The van der Waals surface area contributed by atoms with E-state index in [1.165, 1.54) is 0 Å². The summed E-state index contributed by atoms with van der Waals surface area (Å²) in [5.41, 5.74) is 2.25. The fraction of sp³-hybridized carbons (Fsp3) is 0.500. The summed E-state index contributed by atoms with van der Waals surface area (Å²) in [5, 5.41) is 6.19. The first-order chi connectivity index (χ1) is 8.79. The van der Waals surface area contributed by atoms with Crippen LogP contribution in [0, 0.1) is 5.92 Å². The number of carbonyl (C=O) groups excluding carboxylic acids is 1. The molecule has 1 amide bonds. The van der Waals surface area contributed by atoms with Crippen molar-refractivity contribution in [2.24, 2.45) is 5.92 Å². The number of ether oxygens (including phenoxy) is 1. The largest absolute Gasteiger partial charge is 0.380 e. The number of hydrogen-bond donors (Lipinski definition) is 2. The highest BCUT2D eigenvalue weighted by atomic mass is 16.5. The third-order valence-electron chi connectivity index (χ3n) is 3.20. The Balaban J connectivity index is 1.85. The number of carbonyl (C=O) groups is 1. The van der Waals surface area contributed by atoms with Gasteiger partial charge in [0.2, 0.25) is 5.91 Å². The summed E-state index contributed by atoms with van der Waals surface area (Å²) in [6, 6.07) is 8.10. The predicted octanol–water partition coefficient (Wildman–Crippen LogP) is 1.06. The fourth-order valence-corrected chi connectivity index (χ4v) is 2.21. The van der Waals surface area contributed by atoms with Gasteiger partial charge in [0.1, 0.15) is 0 Å². The lowest BCUT2D eigenvalue weighted by Gasteiger charge is -2.10. The number of nitrogens with one attached hydrogen (secondary N) is 2. The van der Waals surface area contributed by atoms with Crippen LogP contribution in [-0.4, -0.2) is 26.1 Å². The maximum atomic E-state index is 11.9. The molecule has 0 aromatic heterocycles. The number of methoxy groups -OCH3 is 1. The Bertz CT molecular complexity index is 401. The minimum atomic E-state index is 0.132. The maximum Gasteiger partial charge on any atom is 0.224 e. The van der Waals surface area contributed by atoms with E-state index in [0.29, 0.717) is 13.2 Å². The van der Waals surface area contributed by atoms with Crippen molar-refractivity contribution in [2.45, 2.75) is 19.6 Å². The van der Waals surface area contributed by atoms with Crippen LogP contribution in [0.25, 0.3) is 0 Å². The van der Waals surface area contributed by atoms with Gasteiger partial charge in [-0.25, -0.2) is 0 Å². The predicted molar refractivity (Wildman–Crippen MR) is 70.0 cm³/mol. The molecule has 4 nitrogen and oxygen atoms in total. The smallest absolute Gasteiger partial charge is 0.224 e. The van der Waals surface area contributed by atoms with E-state index in [9.17, 15) is 4.79 Å². The quantitative estimate of drug-likeness (QED) is 0.819. The van der Waals surface area contributed by atoms with Gasteiger partial charge in [-0.3, -0.25) is 4.79 Å². The zero-order valence-corrected chi connectivity index (χ0v) is 10.7. The number of hydrogen-bond acceptors (Lipinski definition) is 3. The molecule has 2 rings (SSSR count). The molecule has 4 heteroatoms. The van der Waals surface area contributed by atoms with Gasteiger partial charge in [0.15, 0.2) is 0 Å². The van der Waals surface area contributed by atoms with Gasteiger partial charge < -0.3 is 15.4 Å². The first-order valence-corrected chi connectivity index (χ1v) is 6.35. The van der Waals surface area contributed by atoms with Crippen molar-refractivity contribution in [3.05, 3.63) is 35.4 Å². The number of rotatable bonds is 5. The van der Waals surface area contributed by atoms with Crippen LogP contribution in [0.3, 0.4) is 0 Å². The van der Waals surface area contributed by atoms with Crippen LogP contribution < -0.4 is 10.6 Å². The van der Waals surface area contributed by atoms with Crippen LogP contribution in [0.4, 0.5) is 0 Å².